The van der Waals surface area contributed by atoms with Crippen LogP contribution in [0.5, 0.6) is 0 Å². The first-order valence-corrected chi connectivity index (χ1v) is 11.3. The molecule has 1 aromatic rings. The first kappa shape index (κ1) is 20.9. The zero-order chi connectivity index (χ0) is 15.2. The minimum atomic E-state index is -4.45. The van der Waals surface area contributed by atoms with Crippen molar-refractivity contribution in [1.82, 2.24) is 0 Å². The molecule has 0 aliphatic carbocycles. The first-order chi connectivity index (χ1) is 8.24. The monoisotopic (exact) mass is 468 g/mol. The summed E-state index contributed by atoms with van der Waals surface area (Å²) >= 11 is 3.68. The summed E-state index contributed by atoms with van der Waals surface area (Å²) in [5, 5.41) is 0. The van der Waals surface area contributed by atoms with Gasteiger partial charge in [0.1, 0.15) is 0 Å². The zero-order valence-corrected chi connectivity index (χ0v) is 17.7. The average Bonchev–Trinajstić information content (AvgIpc) is 2.11. The molecule has 0 atom stereocenters. The van der Waals surface area contributed by atoms with Crippen LogP contribution in [0.15, 0.2) is 31.7 Å². The maximum atomic E-state index is 11.3. The summed E-state index contributed by atoms with van der Waals surface area (Å²) in [6.45, 7) is 0. The Balaban J connectivity index is 0.00000361. The number of rotatable bonds is 3. The van der Waals surface area contributed by atoms with Gasteiger partial charge in [0, 0.05) is 36.9 Å². The molecule has 14 heteroatoms. The molecule has 0 unspecified atom stereocenters. The van der Waals surface area contributed by atoms with Gasteiger partial charge < -0.3 is 0 Å². The van der Waals surface area contributed by atoms with Crippen molar-refractivity contribution in [3.8, 4) is 0 Å². The van der Waals surface area contributed by atoms with E-state index in [1.807, 2.05) is 0 Å². The second-order valence-electron chi connectivity index (χ2n) is 3.08. The average molecular weight is 471 g/mol. The van der Waals surface area contributed by atoms with Gasteiger partial charge in [0.05, 0.1) is 14.7 Å². The predicted molar refractivity (Wildman–Crippen MR) is 72.8 cm³/mol. The molecule has 0 spiro atoms. The van der Waals surface area contributed by atoms with Gasteiger partial charge in [-0.15, -0.1) is 12.6 Å². The maximum absolute atomic E-state index is 11.3. The van der Waals surface area contributed by atoms with Crippen molar-refractivity contribution in [2.45, 2.75) is 19.6 Å². The van der Waals surface area contributed by atoms with Crippen molar-refractivity contribution in [2.24, 2.45) is 0 Å². The van der Waals surface area contributed by atoms with E-state index < -0.39 is 46.7 Å². The van der Waals surface area contributed by atoms with Crippen LogP contribution in [-0.2, 0) is 46.6 Å². The van der Waals surface area contributed by atoms with Crippen molar-refractivity contribution in [3.05, 3.63) is 12.1 Å². The zero-order valence-electron chi connectivity index (χ0n) is 9.12. The quantitative estimate of drug-likeness (QED) is 0.410. The van der Waals surface area contributed by atoms with E-state index in [0.29, 0.717) is 12.1 Å². The minimum absolute atomic E-state index is 0. The minimum Gasteiger partial charge on any atom is -0.207 e. The molecular formula is C6H3Cl3O6S4Zn+2. The Hall–Kier alpha value is 0.913. The SMILES string of the molecule is O=S(=O)(Cl)c1cc(S(=O)(=O)Cl)c(S)c(S(=O)(=O)Cl)c1.[Zn+2]. The Morgan fingerprint density at radius 1 is 0.750 bits per heavy atom. The van der Waals surface area contributed by atoms with Gasteiger partial charge in [-0.3, -0.25) is 0 Å². The molecule has 0 radical (unpaired) electrons. The molecule has 0 N–H and O–H groups in total. The summed E-state index contributed by atoms with van der Waals surface area (Å²) in [5.74, 6) is 0. The number of halogens is 3. The van der Waals surface area contributed by atoms with Crippen LogP contribution in [0.25, 0.3) is 0 Å². The molecule has 20 heavy (non-hydrogen) atoms. The predicted octanol–water partition coefficient (Wildman–Crippen LogP) is 1.76. The number of hydrogen-bond acceptors (Lipinski definition) is 7. The van der Waals surface area contributed by atoms with E-state index in [1.54, 1.807) is 0 Å². The molecule has 0 amide bonds. The third kappa shape index (κ3) is 4.98. The van der Waals surface area contributed by atoms with Crippen LogP contribution in [0.2, 0.25) is 0 Å². The summed E-state index contributed by atoms with van der Waals surface area (Å²) in [6, 6.07) is 1.16. The molecule has 1 rings (SSSR count). The fourth-order valence-electron chi connectivity index (χ4n) is 1.07. The van der Waals surface area contributed by atoms with Gasteiger partial charge in [-0.2, -0.15) is 0 Å². The van der Waals surface area contributed by atoms with Gasteiger partial charge >= 0.3 is 19.5 Å². The van der Waals surface area contributed by atoms with Gasteiger partial charge in [-0.1, -0.05) is 0 Å². The molecule has 0 saturated carbocycles. The van der Waals surface area contributed by atoms with Crippen LogP contribution in [0, 0.1) is 0 Å². The summed E-state index contributed by atoms with van der Waals surface area (Å²) in [7, 11) is 1.85. The molecule has 1 aromatic carbocycles. The molecule has 108 valence electrons. The number of thiol groups is 1. The van der Waals surface area contributed by atoms with E-state index in [4.69, 9.17) is 32.0 Å². The van der Waals surface area contributed by atoms with Crippen molar-refractivity contribution < 1.29 is 44.7 Å². The van der Waals surface area contributed by atoms with E-state index in [2.05, 4.69) is 12.6 Å². The van der Waals surface area contributed by atoms with Crippen LogP contribution in [0.4, 0.5) is 0 Å². The normalized spacial score (nSPS) is 12.8. The standard InChI is InChI=1S/C6H3Cl3O6S4.Zn/c7-17(10,11)3-1-4(18(8,12)13)6(16)5(2-3)19(9,14)15;/h1-2,16H;/q;+2. The van der Waals surface area contributed by atoms with E-state index in [1.165, 1.54) is 0 Å². The van der Waals surface area contributed by atoms with Crippen molar-refractivity contribution in [3.63, 3.8) is 0 Å². The van der Waals surface area contributed by atoms with Crippen LogP contribution in [0.1, 0.15) is 0 Å². The van der Waals surface area contributed by atoms with Crippen LogP contribution in [0.3, 0.4) is 0 Å². The first-order valence-electron chi connectivity index (χ1n) is 3.95. The molecule has 0 fully saturated rings. The van der Waals surface area contributed by atoms with Crippen molar-refractivity contribution in [2.75, 3.05) is 0 Å². The molecule has 0 aliphatic rings. The molecule has 0 heterocycles. The summed E-state index contributed by atoms with van der Waals surface area (Å²) in [4.78, 5) is -3.06. The number of hydrogen-bond donors (Lipinski definition) is 1. The summed E-state index contributed by atoms with van der Waals surface area (Å²) < 4.78 is 67.3. The number of benzene rings is 1. The van der Waals surface area contributed by atoms with Crippen LogP contribution < -0.4 is 0 Å². The van der Waals surface area contributed by atoms with Gasteiger partial charge in [0.15, 0.2) is 0 Å². The van der Waals surface area contributed by atoms with Crippen molar-refractivity contribution >= 4 is 71.8 Å². The Morgan fingerprint density at radius 3 is 1.25 bits per heavy atom. The van der Waals surface area contributed by atoms with Gasteiger partial charge in [-0.25, -0.2) is 25.3 Å². The summed E-state index contributed by atoms with van der Waals surface area (Å²) in [5.41, 5.74) is 0. The molecule has 0 aliphatic heterocycles. The van der Waals surface area contributed by atoms with E-state index in [-0.39, 0.29) is 19.5 Å². The van der Waals surface area contributed by atoms with E-state index >= 15 is 0 Å². The maximum Gasteiger partial charge on any atom is 2.00 e. The largest absolute Gasteiger partial charge is 2.00 e. The van der Waals surface area contributed by atoms with Crippen molar-refractivity contribution in [1.29, 1.82) is 0 Å². The third-order valence-corrected chi connectivity index (χ3v) is 6.63. The molecular weight excluding hydrogens is 468 g/mol. The van der Waals surface area contributed by atoms with E-state index in [0.717, 1.165) is 0 Å². The van der Waals surface area contributed by atoms with Crippen LogP contribution in [-0.4, -0.2) is 25.3 Å². The van der Waals surface area contributed by atoms with E-state index in [9.17, 15) is 25.3 Å². The molecule has 0 saturated heterocycles. The molecule has 6 nitrogen and oxygen atoms in total. The fraction of sp³-hybridized carbons (Fsp3) is 0. The summed E-state index contributed by atoms with van der Waals surface area (Å²) in [6.07, 6.45) is 0. The Morgan fingerprint density at radius 2 is 1.05 bits per heavy atom. The second-order valence-corrected chi connectivity index (χ2v) is 11.2. The smallest absolute Gasteiger partial charge is 0.207 e. The Kier molecular flexibility index (Phi) is 6.88. The van der Waals surface area contributed by atoms with Crippen LogP contribution >= 0.6 is 44.7 Å². The third-order valence-electron chi connectivity index (χ3n) is 1.82. The second kappa shape index (κ2) is 6.58. The fourth-order valence-corrected chi connectivity index (χ4v) is 5.19. The van der Waals surface area contributed by atoms with Gasteiger partial charge in [-0.05, 0) is 12.1 Å². The van der Waals surface area contributed by atoms with Gasteiger partial charge in [0.2, 0.25) is 0 Å². The molecule has 0 aromatic heterocycles. The topological polar surface area (TPSA) is 102 Å². The van der Waals surface area contributed by atoms with Gasteiger partial charge in [0.25, 0.3) is 27.2 Å². The molecule has 0 bridgehead atoms. The Bertz CT molecular complexity index is 792. The Labute approximate surface area is 147 Å².